The molecule has 1 aromatic carbocycles. The fraction of sp³-hybridized carbons (Fsp3) is 0.100. The third-order valence-corrected chi connectivity index (χ3v) is 3.69. The minimum absolute atomic E-state index is 0.561. The molecule has 0 saturated carbocycles. The molecule has 0 bridgehead atoms. The summed E-state index contributed by atoms with van der Waals surface area (Å²) in [5, 5.41) is 12.7. The molecule has 0 radical (unpaired) electrons. The van der Waals surface area contributed by atoms with Crippen molar-refractivity contribution < 1.29 is 0 Å². The van der Waals surface area contributed by atoms with Crippen LogP contribution >= 0.6 is 27.3 Å². The second-order valence-corrected chi connectivity index (χ2v) is 4.38. The van der Waals surface area contributed by atoms with Gasteiger partial charge in [-0.25, -0.2) is 0 Å². The van der Waals surface area contributed by atoms with Crippen molar-refractivity contribution in [2.24, 2.45) is 0 Å². The summed E-state index contributed by atoms with van der Waals surface area (Å²) in [7, 11) is 0. The van der Waals surface area contributed by atoms with E-state index in [-0.39, 0.29) is 0 Å². The third kappa shape index (κ3) is 1.29. The van der Waals surface area contributed by atoms with E-state index in [1.807, 2.05) is 17.5 Å². The summed E-state index contributed by atoms with van der Waals surface area (Å²) in [5.74, 6) is 0. The molecule has 14 heavy (non-hydrogen) atoms. The van der Waals surface area contributed by atoms with Gasteiger partial charge in [-0.2, -0.15) is 5.26 Å². The number of hydrogen-bond donors (Lipinski definition) is 1. The van der Waals surface area contributed by atoms with Crippen LogP contribution in [0.2, 0.25) is 0 Å². The maximum atomic E-state index is 8.89. The van der Waals surface area contributed by atoms with Gasteiger partial charge in [-0.05, 0) is 22.9 Å². The maximum absolute atomic E-state index is 8.89. The third-order valence-electron chi connectivity index (χ3n) is 2.14. The first-order valence-corrected chi connectivity index (χ1v) is 6.02. The molecule has 4 heteroatoms. The van der Waals surface area contributed by atoms with E-state index in [4.69, 9.17) is 11.0 Å². The number of nitrogens with zero attached hydrogens (tertiary/aromatic N) is 1. The second kappa shape index (κ2) is 3.60. The SMILES string of the molecule is N#Cc1cc2ccsc2c(CBr)c1N. The monoisotopic (exact) mass is 266 g/mol. The number of nitriles is 1. The van der Waals surface area contributed by atoms with E-state index in [9.17, 15) is 0 Å². The van der Waals surface area contributed by atoms with E-state index in [1.54, 1.807) is 11.3 Å². The number of nitrogen functional groups attached to an aromatic ring is 1. The molecule has 0 amide bonds. The lowest BCUT2D eigenvalue weighted by molar-refractivity contribution is 1.45. The number of rotatable bonds is 1. The largest absolute Gasteiger partial charge is 0.397 e. The van der Waals surface area contributed by atoms with Crippen LogP contribution in [0.3, 0.4) is 0 Å². The Labute approximate surface area is 94.1 Å². The molecule has 2 N–H and O–H groups in total. The van der Waals surface area contributed by atoms with Crippen LogP contribution in [0.15, 0.2) is 17.5 Å². The van der Waals surface area contributed by atoms with Crippen LogP contribution in [0, 0.1) is 11.3 Å². The van der Waals surface area contributed by atoms with Gasteiger partial charge in [0, 0.05) is 15.6 Å². The Morgan fingerprint density at radius 2 is 2.36 bits per heavy atom. The molecule has 0 saturated heterocycles. The molecule has 0 aliphatic heterocycles. The van der Waals surface area contributed by atoms with E-state index in [0.717, 1.165) is 10.9 Å². The van der Waals surface area contributed by atoms with Crippen molar-refractivity contribution in [2.45, 2.75) is 5.33 Å². The molecular weight excluding hydrogens is 260 g/mol. The lowest BCUT2D eigenvalue weighted by Crippen LogP contribution is -1.95. The van der Waals surface area contributed by atoms with Gasteiger partial charge in [-0.3, -0.25) is 0 Å². The van der Waals surface area contributed by atoms with Crippen molar-refractivity contribution in [3.63, 3.8) is 0 Å². The number of alkyl halides is 1. The summed E-state index contributed by atoms with van der Waals surface area (Å²) in [6.07, 6.45) is 0. The van der Waals surface area contributed by atoms with Crippen LogP contribution in [-0.2, 0) is 5.33 Å². The number of nitrogens with two attached hydrogens (primary N) is 1. The van der Waals surface area contributed by atoms with Crippen molar-refractivity contribution in [1.29, 1.82) is 5.26 Å². The predicted molar refractivity (Wildman–Crippen MR) is 63.6 cm³/mol. The number of benzene rings is 1. The summed E-state index contributed by atoms with van der Waals surface area (Å²) >= 11 is 5.05. The van der Waals surface area contributed by atoms with Crippen molar-refractivity contribution in [3.05, 3.63) is 28.6 Å². The summed E-state index contributed by atoms with van der Waals surface area (Å²) in [6, 6.07) is 5.96. The number of fused-ring (bicyclic) bond motifs is 1. The van der Waals surface area contributed by atoms with E-state index < -0.39 is 0 Å². The molecule has 2 aromatic rings. The average molecular weight is 267 g/mol. The van der Waals surface area contributed by atoms with Gasteiger partial charge in [0.15, 0.2) is 0 Å². The van der Waals surface area contributed by atoms with Crippen LogP contribution < -0.4 is 5.73 Å². The van der Waals surface area contributed by atoms with E-state index in [1.165, 1.54) is 4.70 Å². The molecule has 0 atom stereocenters. The molecule has 0 fully saturated rings. The van der Waals surface area contributed by atoms with Crippen LogP contribution in [0.5, 0.6) is 0 Å². The van der Waals surface area contributed by atoms with Gasteiger partial charge < -0.3 is 5.73 Å². The van der Waals surface area contributed by atoms with E-state index >= 15 is 0 Å². The Kier molecular flexibility index (Phi) is 2.44. The van der Waals surface area contributed by atoms with Crippen LogP contribution in [0.25, 0.3) is 10.1 Å². The fourth-order valence-electron chi connectivity index (χ4n) is 1.42. The normalized spacial score (nSPS) is 10.3. The topological polar surface area (TPSA) is 49.8 Å². The highest BCUT2D eigenvalue weighted by atomic mass is 79.9. The molecule has 70 valence electrons. The summed E-state index contributed by atoms with van der Waals surface area (Å²) in [6.45, 7) is 0. The van der Waals surface area contributed by atoms with Gasteiger partial charge in [0.2, 0.25) is 0 Å². The van der Waals surface area contributed by atoms with Gasteiger partial charge >= 0.3 is 0 Å². The van der Waals surface area contributed by atoms with Crippen molar-refractivity contribution >= 4 is 43.0 Å². The number of halogens is 1. The molecule has 0 aliphatic rings. The first kappa shape index (κ1) is 9.50. The van der Waals surface area contributed by atoms with Crippen LogP contribution in [0.4, 0.5) is 5.69 Å². The maximum Gasteiger partial charge on any atom is 0.101 e. The fourth-order valence-corrected chi connectivity index (χ4v) is 3.13. The highest BCUT2D eigenvalue weighted by Crippen LogP contribution is 2.33. The molecule has 1 aromatic heterocycles. The zero-order chi connectivity index (χ0) is 10.1. The van der Waals surface area contributed by atoms with Gasteiger partial charge in [0.25, 0.3) is 0 Å². The lowest BCUT2D eigenvalue weighted by Gasteiger charge is -2.05. The molecule has 0 unspecified atom stereocenters. The lowest BCUT2D eigenvalue weighted by atomic mass is 10.1. The van der Waals surface area contributed by atoms with Crippen LogP contribution in [0.1, 0.15) is 11.1 Å². The summed E-state index contributed by atoms with van der Waals surface area (Å²) in [5.41, 5.74) is 8.06. The van der Waals surface area contributed by atoms with Crippen molar-refractivity contribution in [3.8, 4) is 6.07 Å². The Bertz CT molecular complexity index is 525. The zero-order valence-electron chi connectivity index (χ0n) is 7.25. The average Bonchev–Trinajstić information content (AvgIpc) is 2.64. The minimum Gasteiger partial charge on any atom is -0.397 e. The van der Waals surface area contributed by atoms with Gasteiger partial charge in [-0.15, -0.1) is 11.3 Å². The second-order valence-electron chi connectivity index (χ2n) is 2.90. The highest BCUT2D eigenvalue weighted by Gasteiger charge is 2.10. The molecular formula is C10H7BrN2S. The standard InChI is InChI=1S/C10H7BrN2S/c11-4-8-9(13)7(5-12)3-6-1-2-14-10(6)8/h1-3H,4,13H2. The molecule has 2 nitrogen and oxygen atoms in total. The Hall–Kier alpha value is -1.05. The summed E-state index contributed by atoms with van der Waals surface area (Å²) < 4.78 is 1.17. The van der Waals surface area contributed by atoms with Crippen molar-refractivity contribution in [2.75, 3.05) is 5.73 Å². The quantitative estimate of drug-likeness (QED) is 0.637. The highest BCUT2D eigenvalue weighted by molar-refractivity contribution is 9.08. The van der Waals surface area contributed by atoms with Crippen LogP contribution in [-0.4, -0.2) is 0 Å². The molecule has 0 spiro atoms. The predicted octanol–water partition coefficient (Wildman–Crippen LogP) is 3.25. The first-order valence-electron chi connectivity index (χ1n) is 4.02. The van der Waals surface area contributed by atoms with Crippen molar-refractivity contribution in [1.82, 2.24) is 0 Å². The molecule has 0 aliphatic carbocycles. The Balaban J connectivity index is 2.89. The van der Waals surface area contributed by atoms with E-state index in [0.29, 0.717) is 16.6 Å². The Morgan fingerprint density at radius 1 is 1.57 bits per heavy atom. The van der Waals surface area contributed by atoms with Gasteiger partial charge in [-0.1, -0.05) is 15.9 Å². The smallest absolute Gasteiger partial charge is 0.101 e. The zero-order valence-corrected chi connectivity index (χ0v) is 9.65. The summed E-state index contributed by atoms with van der Waals surface area (Å²) in [4.78, 5) is 0. The van der Waals surface area contributed by atoms with E-state index in [2.05, 4.69) is 22.0 Å². The number of anilines is 1. The Morgan fingerprint density at radius 3 is 3.00 bits per heavy atom. The van der Waals surface area contributed by atoms with Gasteiger partial charge in [0.05, 0.1) is 11.3 Å². The molecule has 2 rings (SSSR count). The minimum atomic E-state index is 0.561. The number of hydrogen-bond acceptors (Lipinski definition) is 3. The van der Waals surface area contributed by atoms with Gasteiger partial charge in [0.1, 0.15) is 6.07 Å². The number of thiophene rings is 1. The molecule has 1 heterocycles. The first-order chi connectivity index (χ1) is 6.77.